The maximum Gasteiger partial charge on any atom is 0.142 e. The first-order chi connectivity index (χ1) is 9.04. The summed E-state index contributed by atoms with van der Waals surface area (Å²) in [4.78, 5) is 0. The monoisotopic (exact) mass is 299 g/mol. The molecule has 0 aliphatic rings. The van der Waals surface area contributed by atoms with Crippen LogP contribution >= 0.6 is 23.2 Å². The summed E-state index contributed by atoms with van der Waals surface area (Å²) in [6.45, 7) is 2.52. The molecule has 2 rings (SSSR count). The number of ether oxygens (including phenoxy) is 1. The third-order valence-corrected chi connectivity index (χ3v) is 3.67. The number of nitrogens with two attached hydrogens (primary N) is 1. The number of halogens is 2. The average Bonchev–Trinajstić information content (AvgIpc) is 2.62. The summed E-state index contributed by atoms with van der Waals surface area (Å²) in [7, 11) is 1.83. The molecular weight excluding hydrogens is 285 g/mol. The van der Waals surface area contributed by atoms with Gasteiger partial charge in [0.05, 0.1) is 21.4 Å². The van der Waals surface area contributed by atoms with E-state index in [1.807, 2.05) is 26.1 Å². The normalized spacial score (nSPS) is 10.8. The molecule has 0 spiro atoms. The van der Waals surface area contributed by atoms with Crippen molar-refractivity contribution < 1.29 is 4.74 Å². The number of rotatable bonds is 4. The van der Waals surface area contributed by atoms with E-state index in [0.29, 0.717) is 28.9 Å². The summed E-state index contributed by atoms with van der Waals surface area (Å²) < 4.78 is 7.47. The van der Waals surface area contributed by atoms with E-state index >= 15 is 0 Å². The van der Waals surface area contributed by atoms with Gasteiger partial charge in [-0.3, -0.25) is 4.68 Å². The summed E-state index contributed by atoms with van der Waals surface area (Å²) in [5.41, 5.74) is 8.12. The van der Waals surface area contributed by atoms with Crippen LogP contribution in [0.4, 0.5) is 0 Å². The Balaban J connectivity index is 2.24. The fourth-order valence-corrected chi connectivity index (χ4v) is 2.32. The fourth-order valence-electron chi connectivity index (χ4n) is 1.85. The van der Waals surface area contributed by atoms with Gasteiger partial charge < -0.3 is 10.5 Å². The van der Waals surface area contributed by atoms with Crippen LogP contribution in [0.15, 0.2) is 18.2 Å². The van der Waals surface area contributed by atoms with E-state index in [-0.39, 0.29) is 0 Å². The zero-order valence-electron chi connectivity index (χ0n) is 10.8. The minimum atomic E-state index is 0.299. The van der Waals surface area contributed by atoms with E-state index in [4.69, 9.17) is 33.7 Å². The molecule has 0 fully saturated rings. The molecule has 6 heteroatoms. The van der Waals surface area contributed by atoms with Crippen molar-refractivity contribution >= 4 is 23.2 Å². The van der Waals surface area contributed by atoms with E-state index in [9.17, 15) is 0 Å². The molecule has 0 amide bonds. The van der Waals surface area contributed by atoms with Crippen molar-refractivity contribution in [2.24, 2.45) is 12.8 Å². The predicted molar refractivity (Wildman–Crippen MR) is 76.6 cm³/mol. The molecule has 0 atom stereocenters. The smallest absolute Gasteiger partial charge is 0.142 e. The Morgan fingerprint density at radius 2 is 2.11 bits per heavy atom. The molecular formula is C13H15Cl2N3O. The van der Waals surface area contributed by atoms with Crippen molar-refractivity contribution in [1.29, 1.82) is 0 Å². The highest BCUT2D eigenvalue weighted by Gasteiger charge is 2.13. The van der Waals surface area contributed by atoms with Gasteiger partial charge in [0, 0.05) is 19.2 Å². The van der Waals surface area contributed by atoms with E-state index < -0.39 is 0 Å². The summed E-state index contributed by atoms with van der Waals surface area (Å²) in [5, 5.41) is 5.39. The molecule has 0 radical (unpaired) electrons. The molecule has 0 aliphatic carbocycles. The van der Waals surface area contributed by atoms with Gasteiger partial charge in [0.15, 0.2) is 0 Å². The Morgan fingerprint density at radius 1 is 1.37 bits per heavy atom. The van der Waals surface area contributed by atoms with Crippen LogP contribution in [-0.4, -0.2) is 9.78 Å². The largest absolute Gasteiger partial charge is 0.485 e. The molecule has 19 heavy (non-hydrogen) atoms. The molecule has 102 valence electrons. The number of nitrogens with zero attached hydrogens (tertiary/aromatic N) is 2. The van der Waals surface area contributed by atoms with Gasteiger partial charge in [-0.15, -0.1) is 0 Å². The second-order valence-corrected chi connectivity index (χ2v) is 4.98. The van der Waals surface area contributed by atoms with Crippen LogP contribution in [0.25, 0.3) is 0 Å². The summed E-state index contributed by atoms with van der Waals surface area (Å²) >= 11 is 12.3. The Hall–Kier alpha value is -1.23. The first-order valence-electron chi connectivity index (χ1n) is 5.82. The Labute approximate surface area is 122 Å². The van der Waals surface area contributed by atoms with Gasteiger partial charge in [-0.05, 0) is 13.0 Å². The minimum Gasteiger partial charge on any atom is -0.485 e. The molecule has 0 bridgehead atoms. The van der Waals surface area contributed by atoms with Gasteiger partial charge in [0.1, 0.15) is 12.4 Å². The first kappa shape index (κ1) is 14.2. The van der Waals surface area contributed by atoms with Gasteiger partial charge >= 0.3 is 0 Å². The van der Waals surface area contributed by atoms with Crippen LogP contribution in [0.1, 0.15) is 17.0 Å². The molecule has 1 heterocycles. The highest BCUT2D eigenvalue weighted by atomic mass is 35.5. The van der Waals surface area contributed by atoms with Gasteiger partial charge in [-0.25, -0.2) is 0 Å². The SMILES string of the molecule is Cc1nn(C)c(COc2c(Cl)cccc2CN)c1Cl. The predicted octanol–water partition coefficient (Wildman–Crippen LogP) is 3.07. The minimum absolute atomic E-state index is 0.299. The van der Waals surface area contributed by atoms with Crippen molar-refractivity contribution in [3.8, 4) is 5.75 Å². The molecule has 1 aromatic heterocycles. The van der Waals surface area contributed by atoms with Gasteiger partial charge in [-0.2, -0.15) is 5.10 Å². The lowest BCUT2D eigenvalue weighted by molar-refractivity contribution is 0.292. The summed E-state index contributed by atoms with van der Waals surface area (Å²) in [5.74, 6) is 0.599. The lowest BCUT2D eigenvalue weighted by Crippen LogP contribution is -2.06. The zero-order valence-corrected chi connectivity index (χ0v) is 12.3. The van der Waals surface area contributed by atoms with Crippen LogP contribution in [-0.2, 0) is 20.2 Å². The van der Waals surface area contributed by atoms with E-state index in [0.717, 1.165) is 17.0 Å². The molecule has 1 aromatic carbocycles. The second-order valence-electron chi connectivity index (χ2n) is 4.19. The number of aryl methyl sites for hydroxylation is 2. The van der Waals surface area contributed by atoms with Crippen LogP contribution in [0.3, 0.4) is 0 Å². The first-order valence-corrected chi connectivity index (χ1v) is 6.58. The number of para-hydroxylation sites is 1. The Morgan fingerprint density at radius 3 is 2.68 bits per heavy atom. The van der Waals surface area contributed by atoms with Gasteiger partial charge in [0.2, 0.25) is 0 Å². The Bertz CT molecular complexity index is 596. The molecule has 0 saturated carbocycles. The van der Waals surface area contributed by atoms with Crippen molar-refractivity contribution in [1.82, 2.24) is 9.78 Å². The highest BCUT2D eigenvalue weighted by molar-refractivity contribution is 6.32. The third-order valence-electron chi connectivity index (χ3n) is 2.88. The topological polar surface area (TPSA) is 53.1 Å². The van der Waals surface area contributed by atoms with Crippen molar-refractivity contribution in [3.63, 3.8) is 0 Å². The number of hydrogen-bond acceptors (Lipinski definition) is 3. The van der Waals surface area contributed by atoms with Crippen LogP contribution in [0.2, 0.25) is 10.0 Å². The lowest BCUT2D eigenvalue weighted by Gasteiger charge is -2.12. The molecule has 0 unspecified atom stereocenters. The second kappa shape index (κ2) is 5.82. The number of benzene rings is 1. The summed E-state index contributed by atoms with van der Waals surface area (Å²) in [6, 6.07) is 5.50. The zero-order chi connectivity index (χ0) is 14.0. The van der Waals surface area contributed by atoms with Gasteiger partial charge in [0.25, 0.3) is 0 Å². The van der Waals surface area contributed by atoms with Crippen LogP contribution in [0.5, 0.6) is 5.75 Å². The third kappa shape index (κ3) is 2.86. The number of hydrogen-bond donors (Lipinski definition) is 1. The van der Waals surface area contributed by atoms with Crippen molar-refractivity contribution in [2.75, 3.05) is 0 Å². The van der Waals surface area contributed by atoms with E-state index in [1.165, 1.54) is 0 Å². The molecule has 2 N–H and O–H groups in total. The van der Waals surface area contributed by atoms with Crippen LogP contribution < -0.4 is 10.5 Å². The maximum absolute atomic E-state index is 6.17. The van der Waals surface area contributed by atoms with Crippen molar-refractivity contribution in [3.05, 3.63) is 45.2 Å². The Kier molecular flexibility index (Phi) is 4.34. The lowest BCUT2D eigenvalue weighted by atomic mass is 10.2. The maximum atomic E-state index is 6.17. The van der Waals surface area contributed by atoms with Crippen LogP contribution in [0, 0.1) is 6.92 Å². The summed E-state index contributed by atoms with van der Waals surface area (Å²) in [6.07, 6.45) is 0. The van der Waals surface area contributed by atoms with E-state index in [1.54, 1.807) is 10.7 Å². The molecule has 0 saturated heterocycles. The number of aromatic nitrogens is 2. The fraction of sp³-hybridized carbons (Fsp3) is 0.308. The highest BCUT2D eigenvalue weighted by Crippen LogP contribution is 2.30. The molecule has 4 nitrogen and oxygen atoms in total. The average molecular weight is 300 g/mol. The standard InChI is InChI=1S/C13H15Cl2N3O/c1-8-12(15)11(18(2)17-8)7-19-13-9(6-16)4-3-5-10(13)14/h3-5H,6-7,16H2,1-2H3. The van der Waals surface area contributed by atoms with E-state index in [2.05, 4.69) is 5.10 Å². The van der Waals surface area contributed by atoms with Crippen molar-refractivity contribution in [2.45, 2.75) is 20.1 Å². The molecule has 2 aromatic rings. The molecule has 0 aliphatic heterocycles. The quantitative estimate of drug-likeness (QED) is 0.944. The van der Waals surface area contributed by atoms with Gasteiger partial charge in [-0.1, -0.05) is 35.3 Å².